The molecule has 1 aliphatic rings. The van der Waals surface area contributed by atoms with Crippen molar-refractivity contribution in [3.8, 4) is 0 Å². The SMILES string of the molecule is CN(C)C1CCN(Cc2cccc(N)c2C(=O)O)CC1. The van der Waals surface area contributed by atoms with Crippen LogP contribution in [0, 0.1) is 0 Å². The third-order valence-corrected chi connectivity index (χ3v) is 4.08. The molecule has 0 saturated carbocycles. The lowest BCUT2D eigenvalue weighted by Crippen LogP contribution is -2.41. The molecule has 1 aliphatic heterocycles. The Labute approximate surface area is 120 Å². The maximum atomic E-state index is 11.3. The van der Waals surface area contributed by atoms with Gasteiger partial charge in [-0.05, 0) is 51.7 Å². The molecule has 0 spiro atoms. The van der Waals surface area contributed by atoms with Crippen LogP contribution in [0.25, 0.3) is 0 Å². The summed E-state index contributed by atoms with van der Waals surface area (Å²) in [5, 5.41) is 9.29. The summed E-state index contributed by atoms with van der Waals surface area (Å²) in [4.78, 5) is 15.9. The lowest BCUT2D eigenvalue weighted by molar-refractivity contribution is 0.0694. The molecular formula is C15H23N3O2. The number of likely N-dealkylation sites (tertiary alicyclic amines) is 1. The van der Waals surface area contributed by atoms with Crippen molar-refractivity contribution in [2.24, 2.45) is 0 Å². The van der Waals surface area contributed by atoms with E-state index >= 15 is 0 Å². The van der Waals surface area contributed by atoms with Gasteiger partial charge in [0, 0.05) is 18.3 Å². The number of benzene rings is 1. The maximum Gasteiger partial charge on any atom is 0.338 e. The number of nitrogens with two attached hydrogens (primary N) is 1. The van der Waals surface area contributed by atoms with Crippen LogP contribution in [0.4, 0.5) is 5.69 Å². The molecule has 0 atom stereocenters. The minimum atomic E-state index is -0.943. The second-order valence-electron chi connectivity index (χ2n) is 5.66. The summed E-state index contributed by atoms with van der Waals surface area (Å²) >= 11 is 0. The van der Waals surface area contributed by atoms with Gasteiger partial charge in [-0.2, -0.15) is 0 Å². The predicted molar refractivity (Wildman–Crippen MR) is 79.8 cm³/mol. The molecule has 1 aromatic rings. The van der Waals surface area contributed by atoms with Crippen molar-refractivity contribution in [2.75, 3.05) is 32.9 Å². The maximum absolute atomic E-state index is 11.3. The molecule has 1 aromatic carbocycles. The number of rotatable bonds is 4. The minimum Gasteiger partial charge on any atom is -0.478 e. The largest absolute Gasteiger partial charge is 0.478 e. The van der Waals surface area contributed by atoms with E-state index in [2.05, 4.69) is 23.9 Å². The van der Waals surface area contributed by atoms with Crippen LogP contribution in [0.3, 0.4) is 0 Å². The van der Waals surface area contributed by atoms with Crippen molar-refractivity contribution in [3.05, 3.63) is 29.3 Å². The third kappa shape index (κ3) is 3.29. The van der Waals surface area contributed by atoms with Gasteiger partial charge in [-0.15, -0.1) is 0 Å². The van der Waals surface area contributed by atoms with Gasteiger partial charge in [0.15, 0.2) is 0 Å². The number of carbonyl (C=O) groups is 1. The summed E-state index contributed by atoms with van der Waals surface area (Å²) in [7, 11) is 4.22. The van der Waals surface area contributed by atoms with Gasteiger partial charge < -0.3 is 15.7 Å². The number of piperidine rings is 1. The van der Waals surface area contributed by atoms with Gasteiger partial charge in [-0.1, -0.05) is 12.1 Å². The van der Waals surface area contributed by atoms with E-state index in [0.29, 0.717) is 18.3 Å². The van der Waals surface area contributed by atoms with Crippen molar-refractivity contribution in [1.82, 2.24) is 9.80 Å². The van der Waals surface area contributed by atoms with Crippen molar-refractivity contribution in [2.45, 2.75) is 25.4 Å². The highest BCUT2D eigenvalue weighted by atomic mass is 16.4. The first-order valence-corrected chi connectivity index (χ1v) is 6.98. The average Bonchev–Trinajstić information content (AvgIpc) is 2.39. The zero-order valence-electron chi connectivity index (χ0n) is 12.2. The number of nitrogens with zero attached hydrogens (tertiary/aromatic N) is 2. The Kier molecular flexibility index (Phi) is 4.62. The van der Waals surface area contributed by atoms with E-state index in [0.717, 1.165) is 31.5 Å². The van der Waals surface area contributed by atoms with Gasteiger partial charge >= 0.3 is 5.97 Å². The van der Waals surface area contributed by atoms with E-state index in [1.165, 1.54) is 0 Å². The monoisotopic (exact) mass is 277 g/mol. The Morgan fingerprint density at radius 2 is 2.05 bits per heavy atom. The van der Waals surface area contributed by atoms with Crippen molar-refractivity contribution in [3.63, 3.8) is 0 Å². The lowest BCUT2D eigenvalue weighted by Gasteiger charge is -2.35. The van der Waals surface area contributed by atoms with Gasteiger partial charge in [-0.3, -0.25) is 4.90 Å². The van der Waals surface area contributed by atoms with Crippen LogP contribution in [0.5, 0.6) is 0 Å². The Morgan fingerprint density at radius 1 is 1.40 bits per heavy atom. The van der Waals surface area contributed by atoms with Crippen LogP contribution in [-0.4, -0.2) is 54.1 Å². The molecule has 1 heterocycles. The van der Waals surface area contributed by atoms with Crippen LogP contribution in [-0.2, 0) is 6.54 Å². The third-order valence-electron chi connectivity index (χ3n) is 4.08. The van der Waals surface area contributed by atoms with Crippen molar-refractivity contribution >= 4 is 11.7 Å². The lowest BCUT2D eigenvalue weighted by atomic mass is 10.0. The van der Waals surface area contributed by atoms with E-state index in [1.54, 1.807) is 6.07 Å². The number of anilines is 1. The Balaban J connectivity index is 2.05. The molecule has 0 amide bonds. The molecule has 0 unspecified atom stereocenters. The fourth-order valence-corrected chi connectivity index (χ4v) is 2.85. The van der Waals surface area contributed by atoms with Crippen molar-refractivity contribution in [1.29, 1.82) is 0 Å². The van der Waals surface area contributed by atoms with Crippen LogP contribution < -0.4 is 5.73 Å². The first kappa shape index (κ1) is 14.8. The normalized spacial score (nSPS) is 17.6. The summed E-state index contributed by atoms with van der Waals surface area (Å²) in [6.07, 6.45) is 2.25. The molecule has 3 N–H and O–H groups in total. The molecule has 1 fully saturated rings. The van der Waals surface area contributed by atoms with Crippen LogP contribution in [0.2, 0.25) is 0 Å². The highest BCUT2D eigenvalue weighted by Crippen LogP contribution is 2.21. The molecule has 0 aliphatic carbocycles. The number of aromatic carboxylic acids is 1. The van der Waals surface area contributed by atoms with E-state index in [4.69, 9.17) is 5.73 Å². The van der Waals surface area contributed by atoms with E-state index in [1.807, 2.05) is 12.1 Å². The Bertz CT molecular complexity index is 480. The van der Waals surface area contributed by atoms with Crippen molar-refractivity contribution < 1.29 is 9.90 Å². The fourth-order valence-electron chi connectivity index (χ4n) is 2.85. The summed E-state index contributed by atoms with van der Waals surface area (Å²) < 4.78 is 0. The zero-order chi connectivity index (χ0) is 14.7. The standard InChI is InChI=1S/C15H23N3O2/c1-17(2)12-6-8-18(9-7-12)10-11-4-3-5-13(16)14(11)15(19)20/h3-5,12H,6-10,16H2,1-2H3,(H,19,20). The smallest absolute Gasteiger partial charge is 0.338 e. The molecule has 5 heteroatoms. The number of hydrogen-bond acceptors (Lipinski definition) is 4. The number of carboxylic acids is 1. The average molecular weight is 277 g/mol. The van der Waals surface area contributed by atoms with Gasteiger partial charge in [-0.25, -0.2) is 4.79 Å². The van der Waals surface area contributed by atoms with E-state index in [9.17, 15) is 9.90 Å². The summed E-state index contributed by atoms with van der Waals surface area (Å²) in [6, 6.07) is 5.96. The van der Waals surface area contributed by atoms with Crippen LogP contribution in [0.15, 0.2) is 18.2 Å². The molecular weight excluding hydrogens is 254 g/mol. The second kappa shape index (κ2) is 6.24. The number of hydrogen-bond donors (Lipinski definition) is 2. The number of carboxylic acid groups (broad SMARTS) is 1. The first-order valence-electron chi connectivity index (χ1n) is 6.98. The Hall–Kier alpha value is -1.59. The zero-order valence-corrected chi connectivity index (χ0v) is 12.2. The highest BCUT2D eigenvalue weighted by Gasteiger charge is 2.22. The van der Waals surface area contributed by atoms with Gasteiger partial charge in [0.25, 0.3) is 0 Å². The van der Waals surface area contributed by atoms with Gasteiger partial charge in [0.05, 0.1) is 5.56 Å². The van der Waals surface area contributed by atoms with Crippen LogP contribution >= 0.6 is 0 Å². The summed E-state index contributed by atoms with van der Waals surface area (Å²) in [5.74, 6) is -0.943. The minimum absolute atomic E-state index is 0.252. The molecule has 5 nitrogen and oxygen atoms in total. The molecule has 110 valence electrons. The molecule has 0 bridgehead atoms. The van der Waals surface area contributed by atoms with E-state index < -0.39 is 5.97 Å². The van der Waals surface area contributed by atoms with Gasteiger partial charge in [0.1, 0.15) is 0 Å². The molecule has 20 heavy (non-hydrogen) atoms. The topological polar surface area (TPSA) is 69.8 Å². The Morgan fingerprint density at radius 3 is 2.60 bits per heavy atom. The summed E-state index contributed by atoms with van der Waals surface area (Å²) in [5.41, 5.74) is 7.19. The number of nitrogen functional groups attached to an aromatic ring is 1. The fraction of sp³-hybridized carbons (Fsp3) is 0.533. The molecule has 0 aromatic heterocycles. The summed E-state index contributed by atoms with van der Waals surface area (Å²) in [6.45, 7) is 2.65. The molecule has 0 radical (unpaired) electrons. The quantitative estimate of drug-likeness (QED) is 0.816. The second-order valence-corrected chi connectivity index (χ2v) is 5.66. The van der Waals surface area contributed by atoms with E-state index in [-0.39, 0.29) is 5.56 Å². The molecule has 1 saturated heterocycles. The van der Waals surface area contributed by atoms with Gasteiger partial charge in [0.2, 0.25) is 0 Å². The predicted octanol–water partition coefficient (Wildman–Crippen LogP) is 1.49. The highest BCUT2D eigenvalue weighted by molar-refractivity contribution is 5.95. The van der Waals surface area contributed by atoms with Crippen LogP contribution in [0.1, 0.15) is 28.8 Å². The molecule has 2 rings (SSSR count). The first-order chi connectivity index (χ1) is 9.49.